The molecule has 0 aliphatic rings. The molecule has 0 bridgehead atoms. The summed E-state index contributed by atoms with van der Waals surface area (Å²) >= 11 is 2.26. The van der Waals surface area contributed by atoms with Gasteiger partial charge in [0.2, 0.25) is 0 Å². The van der Waals surface area contributed by atoms with Crippen LogP contribution in [0.3, 0.4) is 0 Å². The minimum absolute atomic E-state index is 0.955. The summed E-state index contributed by atoms with van der Waals surface area (Å²) in [6.45, 7) is 0.955. The molecule has 0 saturated carbocycles. The molecule has 2 rings (SSSR count). The van der Waals surface area contributed by atoms with Gasteiger partial charge in [-0.15, -0.1) is 0 Å². The minimum Gasteiger partial charge on any atom is -0.358 e. The number of nitrogens with zero attached hydrogens (tertiary/aromatic N) is 3. The summed E-state index contributed by atoms with van der Waals surface area (Å²) in [5, 5.41) is 0. The summed E-state index contributed by atoms with van der Waals surface area (Å²) in [5.41, 5.74) is 1.35. The van der Waals surface area contributed by atoms with E-state index in [9.17, 15) is 0 Å². The molecule has 0 fully saturated rings. The predicted molar refractivity (Wildman–Crippen MR) is 78.2 cm³/mol. The predicted octanol–water partition coefficient (Wildman–Crippen LogP) is 2.76. The highest BCUT2D eigenvalue weighted by Crippen LogP contribution is 2.16. The first-order chi connectivity index (χ1) is 8.27. The maximum Gasteiger partial charge on any atom is 0.145 e. The molecule has 0 radical (unpaired) electrons. The third kappa shape index (κ3) is 3.39. The molecule has 0 aliphatic carbocycles. The third-order valence-electron chi connectivity index (χ3n) is 2.59. The summed E-state index contributed by atoms with van der Waals surface area (Å²) in [4.78, 5) is 10.5. The van der Waals surface area contributed by atoms with Crippen LogP contribution in [0.2, 0.25) is 0 Å². The second-order valence-corrected chi connectivity index (χ2v) is 5.01. The smallest absolute Gasteiger partial charge is 0.145 e. The average Bonchev–Trinajstić information content (AvgIpc) is 2.38. The van der Waals surface area contributed by atoms with E-state index >= 15 is 0 Å². The topological polar surface area (TPSA) is 29.0 Å². The average molecular weight is 339 g/mol. The van der Waals surface area contributed by atoms with Crippen molar-refractivity contribution >= 4 is 28.4 Å². The first kappa shape index (κ1) is 12.3. The molecule has 88 valence electrons. The molecule has 0 saturated heterocycles. The van der Waals surface area contributed by atoms with Gasteiger partial charge in [0, 0.05) is 19.8 Å². The monoisotopic (exact) mass is 339 g/mol. The molecule has 17 heavy (non-hydrogen) atoms. The van der Waals surface area contributed by atoms with Crippen LogP contribution in [0.25, 0.3) is 0 Å². The summed E-state index contributed by atoms with van der Waals surface area (Å²) < 4.78 is 1.08. The Morgan fingerprint density at radius 2 is 2.00 bits per heavy atom. The van der Waals surface area contributed by atoms with Crippen molar-refractivity contribution in [1.29, 1.82) is 0 Å². The lowest BCUT2D eigenvalue weighted by Gasteiger charge is -2.18. The molecule has 1 aromatic heterocycles. The Bertz CT molecular complexity index is 473. The molecule has 3 nitrogen and oxygen atoms in total. The lowest BCUT2D eigenvalue weighted by atomic mass is 10.1. The fourth-order valence-corrected chi connectivity index (χ4v) is 2.35. The number of aromatic nitrogens is 2. The zero-order chi connectivity index (χ0) is 12.1. The molecule has 0 amide bonds. The SMILES string of the molecule is CN(CCc1ccccc1)c1ncncc1I. The van der Waals surface area contributed by atoms with Gasteiger partial charge >= 0.3 is 0 Å². The first-order valence-corrected chi connectivity index (χ1v) is 6.56. The fourth-order valence-electron chi connectivity index (χ4n) is 1.63. The zero-order valence-electron chi connectivity index (χ0n) is 9.68. The van der Waals surface area contributed by atoms with Gasteiger partial charge in [-0.3, -0.25) is 0 Å². The van der Waals surface area contributed by atoms with E-state index in [-0.39, 0.29) is 0 Å². The van der Waals surface area contributed by atoms with Gasteiger partial charge < -0.3 is 4.90 Å². The van der Waals surface area contributed by atoms with E-state index in [1.165, 1.54) is 5.56 Å². The van der Waals surface area contributed by atoms with E-state index < -0.39 is 0 Å². The highest BCUT2D eigenvalue weighted by Gasteiger charge is 2.06. The molecule has 1 heterocycles. The number of rotatable bonds is 4. The number of benzene rings is 1. The molecular formula is C13H14IN3. The summed E-state index contributed by atoms with van der Waals surface area (Å²) in [6, 6.07) is 10.5. The minimum atomic E-state index is 0.955. The third-order valence-corrected chi connectivity index (χ3v) is 3.35. The molecule has 1 aromatic carbocycles. The Morgan fingerprint density at radius 3 is 2.71 bits per heavy atom. The first-order valence-electron chi connectivity index (χ1n) is 5.48. The number of hydrogen-bond acceptors (Lipinski definition) is 3. The second-order valence-electron chi connectivity index (χ2n) is 3.85. The van der Waals surface area contributed by atoms with Gasteiger partial charge in [-0.25, -0.2) is 9.97 Å². The highest BCUT2D eigenvalue weighted by atomic mass is 127. The van der Waals surface area contributed by atoms with Crippen LogP contribution in [0.4, 0.5) is 5.82 Å². The van der Waals surface area contributed by atoms with Crippen molar-refractivity contribution in [1.82, 2.24) is 9.97 Å². The van der Waals surface area contributed by atoms with Gasteiger partial charge in [0.1, 0.15) is 12.1 Å². The Morgan fingerprint density at radius 1 is 1.24 bits per heavy atom. The van der Waals surface area contributed by atoms with Crippen LogP contribution in [0.5, 0.6) is 0 Å². The Hall–Kier alpha value is -1.17. The normalized spacial score (nSPS) is 10.2. The molecule has 0 aliphatic heterocycles. The van der Waals surface area contributed by atoms with Crippen LogP contribution in [0, 0.1) is 3.57 Å². The van der Waals surface area contributed by atoms with Gasteiger partial charge in [-0.2, -0.15) is 0 Å². The summed E-state index contributed by atoms with van der Waals surface area (Å²) in [6.07, 6.45) is 4.45. The van der Waals surface area contributed by atoms with Crippen molar-refractivity contribution in [2.45, 2.75) is 6.42 Å². The Kier molecular flexibility index (Phi) is 4.30. The number of anilines is 1. The van der Waals surface area contributed by atoms with Crippen LogP contribution >= 0.6 is 22.6 Å². The molecule has 0 spiro atoms. The second kappa shape index (κ2) is 5.95. The van der Waals surface area contributed by atoms with Crippen LogP contribution < -0.4 is 4.90 Å². The lowest BCUT2D eigenvalue weighted by Crippen LogP contribution is -2.22. The van der Waals surface area contributed by atoms with Gasteiger partial charge in [0.15, 0.2) is 0 Å². The van der Waals surface area contributed by atoms with E-state index in [4.69, 9.17) is 0 Å². The summed E-state index contributed by atoms with van der Waals surface area (Å²) in [5.74, 6) is 0.997. The van der Waals surface area contributed by atoms with Crippen LogP contribution in [0.15, 0.2) is 42.9 Å². The standard InChI is InChI=1S/C13H14IN3/c1-17(13-12(14)9-15-10-16-13)8-7-11-5-3-2-4-6-11/h2-6,9-10H,7-8H2,1H3. The molecule has 2 aromatic rings. The largest absolute Gasteiger partial charge is 0.358 e. The van der Waals surface area contributed by atoms with Gasteiger partial charge in [0.25, 0.3) is 0 Å². The molecule has 0 atom stereocenters. The van der Waals surface area contributed by atoms with Crippen molar-refractivity contribution in [3.05, 3.63) is 52.0 Å². The maximum absolute atomic E-state index is 4.30. The van der Waals surface area contributed by atoms with E-state index in [2.05, 4.69) is 68.8 Å². The van der Waals surface area contributed by atoms with Crippen LogP contribution in [0.1, 0.15) is 5.56 Å². The van der Waals surface area contributed by atoms with E-state index in [0.717, 1.165) is 22.4 Å². The molecule has 0 unspecified atom stereocenters. The van der Waals surface area contributed by atoms with Gasteiger partial charge in [-0.1, -0.05) is 30.3 Å². The maximum atomic E-state index is 4.30. The van der Waals surface area contributed by atoms with Crippen molar-refractivity contribution in [2.75, 3.05) is 18.5 Å². The number of hydrogen-bond donors (Lipinski definition) is 0. The van der Waals surface area contributed by atoms with Gasteiger partial charge in [-0.05, 0) is 34.6 Å². The zero-order valence-corrected chi connectivity index (χ0v) is 11.8. The van der Waals surface area contributed by atoms with Crippen molar-refractivity contribution < 1.29 is 0 Å². The number of likely N-dealkylation sites (N-methyl/N-ethyl adjacent to an activating group) is 1. The number of halogens is 1. The van der Waals surface area contributed by atoms with E-state index in [0.29, 0.717) is 0 Å². The van der Waals surface area contributed by atoms with E-state index in [1.54, 1.807) is 6.33 Å². The van der Waals surface area contributed by atoms with Crippen molar-refractivity contribution in [2.24, 2.45) is 0 Å². The molecule has 4 heteroatoms. The summed E-state index contributed by atoms with van der Waals surface area (Å²) in [7, 11) is 2.06. The van der Waals surface area contributed by atoms with Crippen molar-refractivity contribution in [3.8, 4) is 0 Å². The molecular weight excluding hydrogens is 325 g/mol. The van der Waals surface area contributed by atoms with Crippen molar-refractivity contribution in [3.63, 3.8) is 0 Å². The van der Waals surface area contributed by atoms with Gasteiger partial charge in [0.05, 0.1) is 3.57 Å². The fraction of sp³-hybridized carbons (Fsp3) is 0.231. The Balaban J connectivity index is 1.99. The molecule has 0 N–H and O–H groups in total. The Labute approximate surface area is 115 Å². The van der Waals surface area contributed by atoms with Crippen LogP contribution in [-0.4, -0.2) is 23.6 Å². The van der Waals surface area contributed by atoms with E-state index in [1.807, 2.05) is 12.3 Å². The lowest BCUT2D eigenvalue weighted by molar-refractivity contribution is 0.852. The van der Waals surface area contributed by atoms with Crippen LogP contribution in [-0.2, 0) is 6.42 Å². The highest BCUT2D eigenvalue weighted by molar-refractivity contribution is 14.1. The quantitative estimate of drug-likeness (QED) is 0.802.